The van der Waals surface area contributed by atoms with Gasteiger partial charge in [0.25, 0.3) is 0 Å². The van der Waals surface area contributed by atoms with E-state index in [1.165, 1.54) is 19.1 Å². The highest BCUT2D eigenvalue weighted by molar-refractivity contribution is 6.06. The molecule has 3 amide bonds. The molecule has 0 saturated heterocycles. The lowest BCUT2D eigenvalue weighted by atomic mass is 10.0. The topological polar surface area (TPSA) is 86.0 Å². The second-order valence-corrected chi connectivity index (χ2v) is 7.38. The quantitative estimate of drug-likeness (QED) is 0.287. The third-order valence-corrected chi connectivity index (χ3v) is 4.94. The minimum absolute atomic E-state index is 0.151. The Morgan fingerprint density at radius 1 is 0.788 bits per heavy atom. The summed E-state index contributed by atoms with van der Waals surface area (Å²) in [7, 11) is 0. The van der Waals surface area contributed by atoms with Crippen LogP contribution in [0.25, 0.3) is 22.0 Å². The summed E-state index contributed by atoms with van der Waals surface area (Å²) < 4.78 is 38.1. The van der Waals surface area contributed by atoms with Crippen LogP contribution < -0.4 is 16.0 Å². The van der Waals surface area contributed by atoms with Crippen molar-refractivity contribution in [1.82, 2.24) is 4.98 Å². The Bertz CT molecular complexity index is 1310. The minimum Gasteiger partial charge on any atom is -0.359 e. The normalized spacial score (nSPS) is 11.3. The lowest BCUT2D eigenvalue weighted by Crippen LogP contribution is -2.19. The molecule has 0 fully saturated rings. The Hall–Kier alpha value is -4.27. The molecule has 168 valence electrons. The van der Waals surface area contributed by atoms with Crippen molar-refractivity contribution in [1.29, 1.82) is 0 Å². The zero-order chi connectivity index (χ0) is 23.6. The van der Waals surface area contributed by atoms with Crippen LogP contribution in [0.2, 0.25) is 0 Å². The number of benzene rings is 3. The SMILES string of the molecule is CC(=O)Nc1ccc(-c2ccc3[nH]cc(NC(=O)Nc4ccc(C(F)(F)F)cc4)c3c2)cc1. The molecular formula is C24H19F3N4O2. The summed E-state index contributed by atoms with van der Waals surface area (Å²) in [5, 5.41) is 8.72. The van der Waals surface area contributed by atoms with Crippen molar-refractivity contribution in [3.8, 4) is 11.1 Å². The fourth-order valence-electron chi connectivity index (χ4n) is 3.38. The van der Waals surface area contributed by atoms with Crippen LogP contribution in [0, 0.1) is 0 Å². The number of urea groups is 1. The van der Waals surface area contributed by atoms with E-state index in [-0.39, 0.29) is 11.6 Å². The maximum Gasteiger partial charge on any atom is 0.416 e. The third-order valence-electron chi connectivity index (χ3n) is 4.94. The van der Waals surface area contributed by atoms with Gasteiger partial charge in [-0.2, -0.15) is 13.2 Å². The predicted octanol–water partition coefficient (Wildman–Crippen LogP) is 6.46. The van der Waals surface area contributed by atoms with Crippen LogP contribution >= 0.6 is 0 Å². The number of hydrogen-bond acceptors (Lipinski definition) is 2. The van der Waals surface area contributed by atoms with E-state index in [9.17, 15) is 22.8 Å². The summed E-state index contributed by atoms with van der Waals surface area (Å²) in [4.78, 5) is 26.6. The first-order chi connectivity index (χ1) is 15.7. The van der Waals surface area contributed by atoms with E-state index in [1.807, 2.05) is 30.3 Å². The highest BCUT2D eigenvalue weighted by Gasteiger charge is 2.30. The van der Waals surface area contributed by atoms with Crippen molar-refractivity contribution in [2.24, 2.45) is 0 Å². The van der Waals surface area contributed by atoms with E-state index in [4.69, 9.17) is 0 Å². The molecule has 0 aliphatic rings. The van der Waals surface area contributed by atoms with Crippen LogP contribution in [0.3, 0.4) is 0 Å². The van der Waals surface area contributed by atoms with Gasteiger partial charge in [0.15, 0.2) is 0 Å². The van der Waals surface area contributed by atoms with E-state index < -0.39 is 17.8 Å². The predicted molar refractivity (Wildman–Crippen MR) is 122 cm³/mol. The Morgan fingerprint density at radius 2 is 1.39 bits per heavy atom. The van der Waals surface area contributed by atoms with E-state index in [1.54, 1.807) is 18.3 Å². The van der Waals surface area contributed by atoms with Gasteiger partial charge in [0, 0.05) is 35.4 Å². The van der Waals surface area contributed by atoms with E-state index in [0.29, 0.717) is 11.4 Å². The summed E-state index contributed by atoms with van der Waals surface area (Å²) in [6.45, 7) is 1.44. The Kier molecular flexibility index (Phi) is 5.78. The molecule has 0 spiro atoms. The molecule has 3 aromatic carbocycles. The maximum absolute atomic E-state index is 12.7. The van der Waals surface area contributed by atoms with E-state index in [0.717, 1.165) is 34.2 Å². The molecule has 0 aliphatic carbocycles. The molecule has 0 atom stereocenters. The molecule has 0 radical (unpaired) electrons. The van der Waals surface area contributed by atoms with Crippen LogP contribution in [0.15, 0.2) is 72.9 Å². The third kappa shape index (κ3) is 5.15. The Labute approximate surface area is 186 Å². The molecule has 1 heterocycles. The zero-order valence-corrected chi connectivity index (χ0v) is 17.4. The number of hydrogen-bond donors (Lipinski definition) is 4. The van der Waals surface area contributed by atoms with Gasteiger partial charge >= 0.3 is 12.2 Å². The molecule has 0 bridgehead atoms. The number of anilines is 3. The number of H-pyrrole nitrogens is 1. The number of fused-ring (bicyclic) bond motifs is 1. The standard InChI is InChI=1S/C24H19F3N4O2/c1-14(32)29-18-7-2-15(3-8-18)16-4-11-21-20(12-16)22(13-28-21)31-23(33)30-19-9-5-17(6-10-19)24(25,26)27/h2-13,28H,1H3,(H,29,32)(H2,30,31,33). The van der Waals surface area contributed by atoms with E-state index in [2.05, 4.69) is 20.9 Å². The summed E-state index contributed by atoms with van der Waals surface area (Å²) in [5.74, 6) is -0.151. The van der Waals surface area contributed by atoms with Crippen LogP contribution in [0.4, 0.5) is 35.0 Å². The lowest BCUT2D eigenvalue weighted by Gasteiger charge is -2.10. The van der Waals surface area contributed by atoms with Gasteiger partial charge in [-0.25, -0.2) is 4.79 Å². The first-order valence-corrected chi connectivity index (χ1v) is 9.93. The molecule has 9 heteroatoms. The molecule has 1 aromatic heterocycles. The monoisotopic (exact) mass is 452 g/mol. The van der Waals surface area contributed by atoms with E-state index >= 15 is 0 Å². The van der Waals surface area contributed by atoms with Gasteiger partial charge in [0.2, 0.25) is 5.91 Å². The number of amides is 3. The Balaban J connectivity index is 1.50. The molecule has 0 aliphatic heterocycles. The van der Waals surface area contributed by atoms with Gasteiger partial charge in [0.1, 0.15) is 0 Å². The zero-order valence-electron chi connectivity index (χ0n) is 17.4. The number of rotatable bonds is 4. The van der Waals surface area contributed by atoms with Crippen molar-refractivity contribution in [3.63, 3.8) is 0 Å². The van der Waals surface area contributed by atoms with Crippen LogP contribution in [0.1, 0.15) is 12.5 Å². The second-order valence-electron chi connectivity index (χ2n) is 7.38. The minimum atomic E-state index is -4.44. The van der Waals surface area contributed by atoms with Crippen molar-refractivity contribution >= 4 is 39.9 Å². The number of carbonyl (C=O) groups is 2. The number of nitrogens with one attached hydrogen (secondary N) is 4. The fraction of sp³-hybridized carbons (Fsp3) is 0.0833. The number of alkyl halides is 3. The molecule has 33 heavy (non-hydrogen) atoms. The molecule has 0 saturated carbocycles. The smallest absolute Gasteiger partial charge is 0.359 e. The summed E-state index contributed by atoms with van der Waals surface area (Å²) in [6.07, 6.45) is -2.80. The van der Waals surface area contributed by atoms with Gasteiger partial charge in [-0.15, -0.1) is 0 Å². The highest BCUT2D eigenvalue weighted by Crippen LogP contribution is 2.31. The van der Waals surface area contributed by atoms with Gasteiger partial charge in [-0.3, -0.25) is 4.79 Å². The van der Waals surface area contributed by atoms with Crippen molar-refractivity contribution in [2.75, 3.05) is 16.0 Å². The van der Waals surface area contributed by atoms with Gasteiger partial charge < -0.3 is 20.9 Å². The molecule has 4 aromatic rings. The van der Waals surface area contributed by atoms with Gasteiger partial charge in [-0.1, -0.05) is 18.2 Å². The maximum atomic E-state index is 12.7. The number of halogens is 3. The van der Waals surface area contributed by atoms with Crippen molar-refractivity contribution < 1.29 is 22.8 Å². The molecule has 4 rings (SSSR count). The number of aromatic nitrogens is 1. The highest BCUT2D eigenvalue weighted by atomic mass is 19.4. The van der Waals surface area contributed by atoms with Crippen molar-refractivity contribution in [2.45, 2.75) is 13.1 Å². The lowest BCUT2D eigenvalue weighted by molar-refractivity contribution is -0.137. The summed E-state index contributed by atoms with van der Waals surface area (Å²) >= 11 is 0. The first kappa shape index (κ1) is 21.9. The molecule has 0 unspecified atom stereocenters. The molecular weight excluding hydrogens is 433 g/mol. The van der Waals surface area contributed by atoms with Gasteiger partial charge in [0.05, 0.1) is 11.3 Å². The molecule has 6 nitrogen and oxygen atoms in total. The van der Waals surface area contributed by atoms with Crippen LogP contribution in [0.5, 0.6) is 0 Å². The second kappa shape index (κ2) is 8.70. The number of carbonyl (C=O) groups excluding carboxylic acids is 2. The van der Waals surface area contributed by atoms with Crippen molar-refractivity contribution in [3.05, 3.63) is 78.5 Å². The first-order valence-electron chi connectivity index (χ1n) is 9.93. The summed E-state index contributed by atoms with van der Waals surface area (Å²) in [6, 6.07) is 16.7. The summed E-state index contributed by atoms with van der Waals surface area (Å²) in [5.41, 5.74) is 3.29. The number of aromatic amines is 1. The fourth-order valence-corrected chi connectivity index (χ4v) is 3.38. The average Bonchev–Trinajstić information content (AvgIpc) is 3.15. The van der Waals surface area contributed by atoms with Crippen LogP contribution in [-0.4, -0.2) is 16.9 Å². The molecule has 4 N–H and O–H groups in total. The largest absolute Gasteiger partial charge is 0.416 e. The average molecular weight is 452 g/mol. The van der Waals surface area contributed by atoms with Crippen LogP contribution in [-0.2, 0) is 11.0 Å². The van der Waals surface area contributed by atoms with Gasteiger partial charge in [-0.05, 0) is 59.7 Å². The Morgan fingerprint density at radius 3 is 2.03 bits per heavy atom.